The zero-order chi connectivity index (χ0) is 13.4. The second-order valence-corrected chi connectivity index (χ2v) is 6.89. The Hall–Kier alpha value is -1.16. The molecule has 3 heteroatoms. The van der Waals surface area contributed by atoms with Gasteiger partial charge in [0.2, 0.25) is 0 Å². The van der Waals surface area contributed by atoms with E-state index in [1.165, 1.54) is 0 Å². The number of rotatable bonds is 2. The number of aliphatic hydroxyl groups excluding tert-OH is 1. The Morgan fingerprint density at radius 1 is 1.16 bits per heavy atom. The molecule has 1 aromatic heterocycles. The molecule has 0 spiro atoms. The number of hydrogen-bond donors (Lipinski definition) is 1. The molecule has 1 unspecified atom stereocenters. The van der Waals surface area contributed by atoms with Crippen LogP contribution in [0.2, 0.25) is 0 Å². The first-order valence-electron chi connectivity index (χ1n) is 6.07. The molecule has 0 saturated carbocycles. The third-order valence-electron chi connectivity index (χ3n) is 3.37. The van der Waals surface area contributed by atoms with Gasteiger partial charge in [-0.05, 0) is 61.8 Å². The number of halogens is 1. The third-order valence-corrected chi connectivity index (χ3v) is 4.89. The molecule has 19 heavy (non-hydrogen) atoms. The molecule has 0 fully saturated rings. The smallest absolute Gasteiger partial charge is 0.106 e. The van der Waals surface area contributed by atoms with Gasteiger partial charge in [0.1, 0.15) is 6.10 Å². The molecule has 1 heterocycles. The fourth-order valence-corrected chi connectivity index (χ4v) is 3.60. The number of fused-ring (bicyclic) bond motifs is 1. The molecule has 1 atom stereocenters. The summed E-state index contributed by atoms with van der Waals surface area (Å²) in [6.07, 6.45) is -0.575. The zero-order valence-electron chi connectivity index (χ0n) is 10.4. The number of thiophene rings is 1. The van der Waals surface area contributed by atoms with E-state index in [2.05, 4.69) is 40.2 Å². The Balaban J connectivity index is 2.21. The Bertz CT molecular complexity index is 732. The third kappa shape index (κ3) is 2.34. The highest BCUT2D eigenvalue weighted by molar-refractivity contribution is 9.11. The fraction of sp³-hybridized carbons (Fsp3) is 0.125. The Labute approximate surface area is 124 Å². The molecular formula is C16H13BrOS. The molecule has 0 aliphatic heterocycles. The van der Waals surface area contributed by atoms with Crippen LogP contribution in [0.3, 0.4) is 0 Å². The zero-order valence-corrected chi connectivity index (χ0v) is 12.8. The average Bonchev–Trinajstić information content (AvgIpc) is 2.85. The van der Waals surface area contributed by atoms with Crippen molar-refractivity contribution in [1.82, 2.24) is 0 Å². The van der Waals surface area contributed by atoms with Gasteiger partial charge in [-0.3, -0.25) is 0 Å². The quantitative estimate of drug-likeness (QED) is 0.695. The minimum atomic E-state index is -0.575. The number of aliphatic hydroxyl groups is 1. The van der Waals surface area contributed by atoms with Crippen molar-refractivity contribution in [3.05, 3.63) is 68.3 Å². The van der Waals surface area contributed by atoms with Crippen molar-refractivity contribution < 1.29 is 5.11 Å². The molecule has 0 saturated heterocycles. The normalized spacial score (nSPS) is 12.8. The topological polar surface area (TPSA) is 20.2 Å². The second kappa shape index (κ2) is 5.08. The predicted molar refractivity (Wildman–Crippen MR) is 84.8 cm³/mol. The largest absolute Gasteiger partial charge is 0.384 e. The molecule has 0 bridgehead atoms. The first-order chi connectivity index (χ1) is 9.16. The first-order valence-corrected chi connectivity index (χ1v) is 7.74. The maximum atomic E-state index is 10.7. The van der Waals surface area contributed by atoms with Crippen LogP contribution in [0.15, 0.2) is 51.6 Å². The van der Waals surface area contributed by atoms with Crippen LogP contribution in [0.4, 0.5) is 0 Å². The summed E-state index contributed by atoms with van der Waals surface area (Å²) in [6, 6.07) is 14.3. The van der Waals surface area contributed by atoms with Gasteiger partial charge in [0.15, 0.2) is 0 Å². The lowest BCUT2D eigenvalue weighted by Gasteiger charge is -2.15. The van der Waals surface area contributed by atoms with E-state index in [9.17, 15) is 5.11 Å². The monoisotopic (exact) mass is 332 g/mol. The first kappa shape index (κ1) is 12.9. The lowest BCUT2D eigenvalue weighted by atomic mass is 9.93. The number of benzene rings is 2. The maximum absolute atomic E-state index is 10.7. The summed E-state index contributed by atoms with van der Waals surface area (Å²) < 4.78 is 1.04. The highest BCUT2D eigenvalue weighted by atomic mass is 79.9. The van der Waals surface area contributed by atoms with Crippen molar-refractivity contribution in [2.24, 2.45) is 0 Å². The molecule has 3 aromatic rings. The van der Waals surface area contributed by atoms with Crippen molar-refractivity contribution in [3.8, 4) is 0 Å². The van der Waals surface area contributed by atoms with Gasteiger partial charge >= 0.3 is 0 Å². The van der Waals surface area contributed by atoms with E-state index in [4.69, 9.17) is 0 Å². The van der Waals surface area contributed by atoms with Crippen LogP contribution in [-0.4, -0.2) is 5.11 Å². The fourth-order valence-electron chi connectivity index (χ4n) is 2.40. The summed E-state index contributed by atoms with van der Waals surface area (Å²) in [4.78, 5) is 0. The molecule has 2 aromatic carbocycles. The van der Waals surface area contributed by atoms with Crippen LogP contribution in [0, 0.1) is 6.92 Å². The molecule has 1 nitrogen and oxygen atoms in total. The van der Waals surface area contributed by atoms with E-state index >= 15 is 0 Å². The van der Waals surface area contributed by atoms with Crippen LogP contribution in [-0.2, 0) is 0 Å². The predicted octanol–water partition coefficient (Wildman–Crippen LogP) is 5.05. The van der Waals surface area contributed by atoms with Crippen LogP contribution >= 0.6 is 27.3 Å². The molecule has 0 amide bonds. The summed E-state index contributed by atoms with van der Waals surface area (Å²) in [5.74, 6) is 0. The van der Waals surface area contributed by atoms with Gasteiger partial charge in [-0.15, -0.1) is 11.3 Å². The standard InChI is InChI=1S/C16H13BrOS/c1-10-6-7-11-4-2-3-5-13(11)15(10)16(18)12-8-14(17)19-9-12/h2-9,16,18H,1H3. The maximum Gasteiger partial charge on any atom is 0.106 e. The van der Waals surface area contributed by atoms with Gasteiger partial charge in [0.25, 0.3) is 0 Å². The van der Waals surface area contributed by atoms with Crippen molar-refractivity contribution >= 4 is 38.0 Å². The average molecular weight is 333 g/mol. The molecule has 3 rings (SSSR count). The molecule has 0 radical (unpaired) electrons. The molecule has 0 aliphatic carbocycles. The lowest BCUT2D eigenvalue weighted by molar-refractivity contribution is 0.221. The molecule has 1 N–H and O–H groups in total. The Morgan fingerprint density at radius 3 is 2.68 bits per heavy atom. The summed E-state index contributed by atoms with van der Waals surface area (Å²) in [6.45, 7) is 2.05. The molecule has 0 aliphatic rings. The summed E-state index contributed by atoms with van der Waals surface area (Å²) in [5, 5.41) is 15.0. The molecule has 96 valence electrons. The Kier molecular flexibility index (Phi) is 3.44. The van der Waals surface area contributed by atoms with E-state index in [0.29, 0.717) is 0 Å². The van der Waals surface area contributed by atoms with Gasteiger partial charge in [0, 0.05) is 0 Å². The second-order valence-electron chi connectivity index (χ2n) is 4.60. The van der Waals surface area contributed by atoms with Crippen LogP contribution in [0.5, 0.6) is 0 Å². The van der Waals surface area contributed by atoms with Gasteiger partial charge in [-0.25, -0.2) is 0 Å². The SMILES string of the molecule is Cc1ccc2ccccc2c1C(O)c1csc(Br)c1. The van der Waals surface area contributed by atoms with Crippen molar-refractivity contribution in [2.75, 3.05) is 0 Å². The van der Waals surface area contributed by atoms with E-state index in [1.807, 2.05) is 30.5 Å². The Morgan fingerprint density at radius 2 is 1.95 bits per heavy atom. The van der Waals surface area contributed by atoms with E-state index in [-0.39, 0.29) is 0 Å². The lowest BCUT2D eigenvalue weighted by Crippen LogP contribution is -2.01. The van der Waals surface area contributed by atoms with Crippen molar-refractivity contribution in [3.63, 3.8) is 0 Å². The van der Waals surface area contributed by atoms with E-state index in [0.717, 1.165) is 31.2 Å². The van der Waals surface area contributed by atoms with Crippen molar-refractivity contribution in [2.45, 2.75) is 13.0 Å². The van der Waals surface area contributed by atoms with Crippen molar-refractivity contribution in [1.29, 1.82) is 0 Å². The van der Waals surface area contributed by atoms with E-state index < -0.39 is 6.10 Å². The van der Waals surface area contributed by atoms with Crippen LogP contribution < -0.4 is 0 Å². The summed E-state index contributed by atoms with van der Waals surface area (Å²) in [5.41, 5.74) is 3.06. The molecular weight excluding hydrogens is 320 g/mol. The van der Waals surface area contributed by atoms with Gasteiger partial charge < -0.3 is 5.11 Å². The van der Waals surface area contributed by atoms with Gasteiger partial charge in [-0.1, -0.05) is 36.4 Å². The van der Waals surface area contributed by atoms with Crippen LogP contribution in [0.25, 0.3) is 10.8 Å². The summed E-state index contributed by atoms with van der Waals surface area (Å²) >= 11 is 5.04. The number of hydrogen-bond acceptors (Lipinski definition) is 2. The minimum absolute atomic E-state index is 0.575. The van der Waals surface area contributed by atoms with Gasteiger partial charge in [0.05, 0.1) is 3.79 Å². The summed E-state index contributed by atoms with van der Waals surface area (Å²) in [7, 11) is 0. The highest BCUT2D eigenvalue weighted by Gasteiger charge is 2.17. The van der Waals surface area contributed by atoms with E-state index in [1.54, 1.807) is 11.3 Å². The van der Waals surface area contributed by atoms with Crippen LogP contribution in [0.1, 0.15) is 22.8 Å². The number of aryl methyl sites for hydroxylation is 1. The van der Waals surface area contributed by atoms with Gasteiger partial charge in [-0.2, -0.15) is 0 Å². The minimum Gasteiger partial charge on any atom is -0.384 e. The highest BCUT2D eigenvalue weighted by Crippen LogP contribution is 2.34.